The van der Waals surface area contributed by atoms with E-state index in [-0.39, 0.29) is 0 Å². The third-order valence-corrected chi connectivity index (χ3v) is 2.21. The lowest BCUT2D eigenvalue weighted by atomic mass is 10.3. The van der Waals surface area contributed by atoms with E-state index in [0.29, 0.717) is 26.1 Å². The first kappa shape index (κ1) is 17.2. The summed E-state index contributed by atoms with van der Waals surface area (Å²) in [5.74, 6) is 0. The second-order valence-electron chi connectivity index (χ2n) is 3.83. The van der Waals surface area contributed by atoms with Crippen LogP contribution in [0.3, 0.4) is 0 Å². The van der Waals surface area contributed by atoms with E-state index in [1.54, 1.807) is 0 Å². The van der Waals surface area contributed by atoms with Gasteiger partial charge in [-0.15, -0.1) is 0 Å². The molecule has 0 amide bonds. The summed E-state index contributed by atoms with van der Waals surface area (Å²) in [7, 11) is 0. The predicted octanol–water partition coefficient (Wildman–Crippen LogP) is 3.47. The first-order valence-electron chi connectivity index (χ1n) is 6.78. The van der Waals surface area contributed by atoms with Crippen LogP contribution in [-0.2, 0) is 18.9 Å². The number of rotatable bonds is 10. The van der Waals surface area contributed by atoms with Gasteiger partial charge in [-0.25, -0.2) is 4.79 Å². The molecule has 0 rings (SSSR count). The zero-order valence-corrected chi connectivity index (χ0v) is 11.9. The van der Waals surface area contributed by atoms with Gasteiger partial charge in [0.05, 0.1) is 0 Å². The van der Waals surface area contributed by atoms with Crippen molar-refractivity contribution in [3.63, 3.8) is 0 Å². The average Bonchev–Trinajstić information content (AvgIpc) is 2.30. The van der Waals surface area contributed by atoms with Gasteiger partial charge in [0.25, 0.3) is 0 Å². The third-order valence-electron chi connectivity index (χ3n) is 2.21. The van der Waals surface area contributed by atoms with Gasteiger partial charge in [0.2, 0.25) is 12.6 Å². The molecule has 0 heterocycles. The number of carbonyl (C=O) groups is 1. The topological polar surface area (TPSA) is 54.0 Å². The van der Waals surface area contributed by atoms with Crippen LogP contribution in [-0.4, -0.2) is 31.9 Å². The van der Waals surface area contributed by atoms with E-state index >= 15 is 0 Å². The molecule has 0 bridgehead atoms. The fraction of sp³-hybridized carbons (Fsp3) is 0.923. The standard InChI is InChI=1S/C13H26O5/c1-5-9-11(15-7-3)17-13(14)18-12(10-6-2)16-8-4/h11-12H,5-10H2,1-4H3. The van der Waals surface area contributed by atoms with E-state index in [4.69, 9.17) is 18.9 Å². The highest BCUT2D eigenvalue weighted by Crippen LogP contribution is 2.10. The lowest BCUT2D eigenvalue weighted by molar-refractivity contribution is -0.163. The van der Waals surface area contributed by atoms with Gasteiger partial charge in [-0.1, -0.05) is 26.7 Å². The van der Waals surface area contributed by atoms with Crippen molar-refractivity contribution in [2.75, 3.05) is 13.2 Å². The van der Waals surface area contributed by atoms with Crippen molar-refractivity contribution < 1.29 is 23.7 Å². The Morgan fingerprint density at radius 1 is 0.833 bits per heavy atom. The first-order valence-corrected chi connectivity index (χ1v) is 6.78. The summed E-state index contributed by atoms with van der Waals surface area (Å²) in [5, 5.41) is 0. The van der Waals surface area contributed by atoms with Gasteiger partial charge < -0.3 is 18.9 Å². The van der Waals surface area contributed by atoms with E-state index in [0.717, 1.165) is 12.8 Å². The normalized spacial score (nSPS) is 14.0. The molecule has 108 valence electrons. The number of carbonyl (C=O) groups excluding carboxylic acids is 1. The van der Waals surface area contributed by atoms with Crippen LogP contribution in [0.2, 0.25) is 0 Å². The second kappa shape index (κ2) is 11.3. The summed E-state index contributed by atoms with van der Waals surface area (Å²) < 4.78 is 20.8. The molecule has 0 spiro atoms. The molecule has 0 N–H and O–H groups in total. The van der Waals surface area contributed by atoms with E-state index in [2.05, 4.69) is 0 Å². The summed E-state index contributed by atoms with van der Waals surface area (Å²) in [6, 6.07) is 0. The summed E-state index contributed by atoms with van der Waals surface area (Å²) >= 11 is 0. The highest BCUT2D eigenvalue weighted by atomic mass is 16.8. The molecule has 0 aliphatic heterocycles. The molecule has 0 radical (unpaired) electrons. The van der Waals surface area contributed by atoms with Crippen molar-refractivity contribution in [1.29, 1.82) is 0 Å². The Morgan fingerprint density at radius 2 is 1.22 bits per heavy atom. The van der Waals surface area contributed by atoms with Crippen LogP contribution in [0.25, 0.3) is 0 Å². The Hall–Kier alpha value is -0.810. The summed E-state index contributed by atoms with van der Waals surface area (Å²) in [6.45, 7) is 8.72. The van der Waals surface area contributed by atoms with Gasteiger partial charge in [-0.3, -0.25) is 0 Å². The Balaban J connectivity index is 4.09. The van der Waals surface area contributed by atoms with E-state index in [9.17, 15) is 4.79 Å². The summed E-state index contributed by atoms with van der Waals surface area (Å²) in [5.41, 5.74) is 0. The molecule has 0 aromatic carbocycles. The van der Waals surface area contributed by atoms with Gasteiger partial charge >= 0.3 is 6.16 Å². The van der Waals surface area contributed by atoms with Gasteiger partial charge in [0.1, 0.15) is 0 Å². The van der Waals surface area contributed by atoms with Gasteiger partial charge in [0, 0.05) is 26.1 Å². The minimum absolute atomic E-state index is 0.502. The molecule has 18 heavy (non-hydrogen) atoms. The van der Waals surface area contributed by atoms with Crippen molar-refractivity contribution in [1.82, 2.24) is 0 Å². The number of ether oxygens (including phenoxy) is 4. The maximum absolute atomic E-state index is 11.6. The fourth-order valence-corrected chi connectivity index (χ4v) is 1.44. The maximum atomic E-state index is 11.6. The molecule has 0 saturated carbocycles. The van der Waals surface area contributed by atoms with Crippen molar-refractivity contribution >= 4 is 6.16 Å². The Labute approximate surface area is 110 Å². The minimum atomic E-state index is -0.728. The lowest BCUT2D eigenvalue weighted by Gasteiger charge is -2.20. The zero-order chi connectivity index (χ0) is 13.8. The van der Waals surface area contributed by atoms with Crippen molar-refractivity contribution in [2.24, 2.45) is 0 Å². The van der Waals surface area contributed by atoms with Gasteiger partial charge in [0.15, 0.2) is 0 Å². The highest BCUT2D eigenvalue weighted by Gasteiger charge is 2.19. The third kappa shape index (κ3) is 8.31. The zero-order valence-electron chi connectivity index (χ0n) is 11.9. The smallest absolute Gasteiger partial charge is 0.404 e. The van der Waals surface area contributed by atoms with Crippen LogP contribution in [0, 0.1) is 0 Å². The lowest BCUT2D eigenvalue weighted by Crippen LogP contribution is -2.27. The average molecular weight is 262 g/mol. The molecule has 0 fully saturated rings. The highest BCUT2D eigenvalue weighted by molar-refractivity contribution is 5.60. The SMILES string of the molecule is CCCC(OCC)OC(=O)OC(CCC)OCC. The molecule has 2 atom stereocenters. The summed E-state index contributed by atoms with van der Waals surface area (Å²) in [6.07, 6.45) is 1.29. The van der Waals surface area contributed by atoms with Crippen LogP contribution in [0.4, 0.5) is 4.79 Å². The van der Waals surface area contributed by atoms with E-state index in [1.807, 2.05) is 27.7 Å². The Morgan fingerprint density at radius 3 is 1.50 bits per heavy atom. The van der Waals surface area contributed by atoms with Crippen LogP contribution in [0.5, 0.6) is 0 Å². The van der Waals surface area contributed by atoms with Crippen molar-refractivity contribution in [2.45, 2.75) is 66.0 Å². The van der Waals surface area contributed by atoms with Crippen LogP contribution in [0.1, 0.15) is 53.4 Å². The molecule has 0 saturated heterocycles. The molecule has 5 nitrogen and oxygen atoms in total. The predicted molar refractivity (Wildman–Crippen MR) is 68.2 cm³/mol. The molecule has 0 aliphatic carbocycles. The number of hydrogen-bond donors (Lipinski definition) is 0. The van der Waals surface area contributed by atoms with Crippen molar-refractivity contribution in [3.05, 3.63) is 0 Å². The van der Waals surface area contributed by atoms with Gasteiger partial charge in [-0.2, -0.15) is 0 Å². The van der Waals surface area contributed by atoms with Gasteiger partial charge in [-0.05, 0) is 13.8 Å². The summed E-state index contributed by atoms with van der Waals surface area (Å²) in [4.78, 5) is 11.6. The number of hydrogen-bond acceptors (Lipinski definition) is 5. The maximum Gasteiger partial charge on any atom is 0.512 e. The van der Waals surface area contributed by atoms with E-state index < -0.39 is 18.7 Å². The largest absolute Gasteiger partial charge is 0.512 e. The van der Waals surface area contributed by atoms with Crippen LogP contribution < -0.4 is 0 Å². The molecule has 0 aromatic rings. The molecule has 5 heteroatoms. The van der Waals surface area contributed by atoms with Crippen LogP contribution >= 0.6 is 0 Å². The quantitative estimate of drug-likeness (QED) is 0.446. The molecule has 0 aliphatic rings. The molecule has 0 aromatic heterocycles. The Bertz CT molecular complexity index is 176. The van der Waals surface area contributed by atoms with E-state index in [1.165, 1.54) is 0 Å². The monoisotopic (exact) mass is 262 g/mol. The van der Waals surface area contributed by atoms with Crippen LogP contribution in [0.15, 0.2) is 0 Å². The second-order valence-corrected chi connectivity index (χ2v) is 3.83. The van der Waals surface area contributed by atoms with Crippen molar-refractivity contribution in [3.8, 4) is 0 Å². The molecular weight excluding hydrogens is 236 g/mol. The Kier molecular flexibility index (Phi) is 10.8. The first-order chi connectivity index (χ1) is 8.67. The minimum Gasteiger partial charge on any atom is -0.404 e. The fourth-order valence-electron chi connectivity index (χ4n) is 1.44. The molecule has 2 unspecified atom stereocenters. The molecular formula is C13H26O5.